The molecule has 1 aromatic heterocycles. The molecule has 0 radical (unpaired) electrons. The quantitative estimate of drug-likeness (QED) is 0.373. The summed E-state index contributed by atoms with van der Waals surface area (Å²) in [7, 11) is -2.65. The predicted molar refractivity (Wildman–Crippen MR) is 112 cm³/mol. The average molecular weight is 497 g/mol. The molecule has 0 saturated carbocycles. The molecule has 1 aliphatic heterocycles. The fourth-order valence-corrected chi connectivity index (χ4v) is 5.71. The standard InChI is InChI=1S/C18H20ClF3N4O5S/c19-16-12(2-1-3-14(16)26(28)29)9-25(6-4-11-5-7-32(30,31)10-11)17(27)13-8-15(24-23-13)18(20,21)22/h1-3,8,11,30-31H,4-7,9-10H2,(H,23,24). The Morgan fingerprint density at radius 2 is 2.12 bits per heavy atom. The van der Waals surface area contributed by atoms with Gasteiger partial charge < -0.3 is 4.90 Å². The van der Waals surface area contributed by atoms with Crippen LogP contribution >= 0.6 is 22.2 Å². The predicted octanol–water partition coefficient (Wildman–Crippen LogP) is 4.79. The molecular formula is C18H20ClF3N4O5S. The summed E-state index contributed by atoms with van der Waals surface area (Å²) in [5.41, 5.74) is -1.76. The molecule has 1 aromatic carbocycles. The summed E-state index contributed by atoms with van der Waals surface area (Å²) in [6.07, 6.45) is -3.80. The first-order valence-electron chi connectivity index (χ1n) is 9.44. The summed E-state index contributed by atoms with van der Waals surface area (Å²) in [5, 5.41) is 16.2. The Bertz CT molecular complexity index is 1020. The summed E-state index contributed by atoms with van der Waals surface area (Å²) in [6, 6.07) is 4.67. The number of H-pyrrole nitrogens is 1. The molecule has 3 rings (SSSR count). The highest BCUT2D eigenvalue weighted by molar-refractivity contribution is 8.24. The van der Waals surface area contributed by atoms with Gasteiger partial charge in [-0.15, -0.1) is 0 Å². The molecule has 1 aliphatic rings. The van der Waals surface area contributed by atoms with Crippen LogP contribution in [0.25, 0.3) is 0 Å². The number of nitro groups is 1. The number of aromatic amines is 1. The highest BCUT2D eigenvalue weighted by atomic mass is 35.5. The van der Waals surface area contributed by atoms with Gasteiger partial charge in [0.15, 0.2) is 5.69 Å². The van der Waals surface area contributed by atoms with Crippen LogP contribution in [-0.2, 0) is 12.7 Å². The third-order valence-electron chi connectivity index (χ3n) is 5.17. The SMILES string of the molecule is O=C(c1cc(C(F)(F)F)[nH]n1)N(CCC1CCS(O)(O)C1)Cc1cccc([N+](=O)[O-])c1Cl. The van der Waals surface area contributed by atoms with Crippen LogP contribution in [0.3, 0.4) is 0 Å². The van der Waals surface area contributed by atoms with Gasteiger partial charge in [-0.25, -0.2) is 0 Å². The Hall–Kier alpha value is -2.35. The van der Waals surface area contributed by atoms with Crippen molar-refractivity contribution >= 4 is 33.8 Å². The Kier molecular flexibility index (Phi) is 7.03. The first-order valence-corrected chi connectivity index (χ1v) is 11.7. The molecule has 1 fully saturated rings. The van der Waals surface area contributed by atoms with E-state index in [1.807, 2.05) is 0 Å². The minimum absolute atomic E-state index is 0.0618. The molecule has 2 aromatic rings. The monoisotopic (exact) mass is 496 g/mol. The maximum Gasteiger partial charge on any atom is 0.432 e. The van der Waals surface area contributed by atoms with Gasteiger partial charge in [0, 0.05) is 36.7 Å². The van der Waals surface area contributed by atoms with Crippen LogP contribution in [0.1, 0.15) is 34.6 Å². The maximum atomic E-state index is 13.0. The average Bonchev–Trinajstić information content (AvgIpc) is 3.32. The van der Waals surface area contributed by atoms with Crippen LogP contribution < -0.4 is 0 Å². The molecule has 0 aliphatic carbocycles. The summed E-state index contributed by atoms with van der Waals surface area (Å²) >= 11 is 6.11. The van der Waals surface area contributed by atoms with Gasteiger partial charge in [0.2, 0.25) is 0 Å². The van der Waals surface area contributed by atoms with Crippen molar-refractivity contribution in [2.75, 3.05) is 18.1 Å². The van der Waals surface area contributed by atoms with Crippen molar-refractivity contribution in [2.24, 2.45) is 5.92 Å². The number of hydrogen-bond acceptors (Lipinski definition) is 6. The number of amides is 1. The van der Waals surface area contributed by atoms with Crippen molar-refractivity contribution in [3.05, 3.63) is 56.4 Å². The number of nitrogens with one attached hydrogen (secondary N) is 1. The molecule has 1 amide bonds. The summed E-state index contributed by atoms with van der Waals surface area (Å²) < 4.78 is 58.3. The number of nitro benzene ring substituents is 1. The summed E-state index contributed by atoms with van der Waals surface area (Å²) in [4.78, 5) is 24.6. The number of hydrogen-bond donors (Lipinski definition) is 3. The second-order valence-corrected chi connectivity index (χ2v) is 10.2. The van der Waals surface area contributed by atoms with Crippen molar-refractivity contribution in [1.29, 1.82) is 0 Å². The Balaban J connectivity index is 1.84. The molecule has 14 heteroatoms. The molecule has 2 heterocycles. The molecule has 0 bridgehead atoms. The first kappa shape index (κ1) is 24.3. The fourth-order valence-electron chi connectivity index (χ4n) is 3.49. The molecule has 0 spiro atoms. The van der Waals surface area contributed by atoms with E-state index >= 15 is 0 Å². The Morgan fingerprint density at radius 1 is 1.41 bits per heavy atom. The molecule has 1 saturated heterocycles. The molecule has 1 atom stereocenters. The molecule has 9 nitrogen and oxygen atoms in total. The number of aromatic nitrogens is 2. The summed E-state index contributed by atoms with van der Waals surface area (Å²) in [5.74, 6) is -0.450. The highest BCUT2D eigenvalue weighted by Gasteiger charge is 2.35. The van der Waals surface area contributed by atoms with Crippen molar-refractivity contribution in [2.45, 2.75) is 25.6 Å². The van der Waals surface area contributed by atoms with Gasteiger partial charge in [0.25, 0.3) is 11.6 Å². The van der Waals surface area contributed by atoms with E-state index in [4.69, 9.17) is 11.6 Å². The van der Waals surface area contributed by atoms with Crippen molar-refractivity contribution < 1.29 is 32.0 Å². The lowest BCUT2D eigenvalue weighted by molar-refractivity contribution is -0.384. The summed E-state index contributed by atoms with van der Waals surface area (Å²) in [6.45, 7) is -0.136. The number of nitrogens with zero attached hydrogens (tertiary/aromatic N) is 3. The van der Waals surface area contributed by atoms with E-state index in [0.717, 1.165) is 0 Å². The van der Waals surface area contributed by atoms with Gasteiger partial charge in [-0.3, -0.25) is 29.1 Å². The van der Waals surface area contributed by atoms with Gasteiger partial charge in [0.1, 0.15) is 10.7 Å². The lowest BCUT2D eigenvalue weighted by Crippen LogP contribution is -2.33. The van der Waals surface area contributed by atoms with Gasteiger partial charge in [-0.05, 0) is 24.3 Å². The number of alkyl halides is 3. The molecular weight excluding hydrogens is 477 g/mol. The van der Waals surface area contributed by atoms with Gasteiger partial charge >= 0.3 is 6.18 Å². The van der Waals surface area contributed by atoms with Gasteiger partial charge in [-0.1, -0.05) is 23.7 Å². The van der Waals surface area contributed by atoms with Crippen molar-refractivity contribution in [3.63, 3.8) is 0 Å². The second kappa shape index (κ2) is 9.25. The topological polar surface area (TPSA) is 133 Å². The third kappa shape index (κ3) is 5.71. The molecule has 1 unspecified atom stereocenters. The molecule has 32 heavy (non-hydrogen) atoms. The zero-order valence-electron chi connectivity index (χ0n) is 16.5. The fraction of sp³-hybridized carbons (Fsp3) is 0.444. The van der Waals surface area contributed by atoms with Crippen LogP contribution in [0.2, 0.25) is 5.02 Å². The normalized spacial score (nSPS) is 19.0. The number of benzene rings is 1. The van der Waals surface area contributed by atoms with Crippen LogP contribution in [0.5, 0.6) is 0 Å². The third-order valence-corrected chi connectivity index (χ3v) is 7.50. The number of rotatable bonds is 7. The van der Waals surface area contributed by atoms with E-state index in [1.165, 1.54) is 23.1 Å². The maximum absolute atomic E-state index is 13.0. The number of carbonyl (C=O) groups is 1. The van der Waals surface area contributed by atoms with Crippen LogP contribution in [0.4, 0.5) is 18.9 Å². The van der Waals surface area contributed by atoms with E-state index in [1.54, 1.807) is 5.10 Å². The zero-order chi connectivity index (χ0) is 23.7. The smallest absolute Gasteiger partial charge is 0.333 e. The van der Waals surface area contributed by atoms with Crippen LogP contribution in [-0.4, -0.2) is 53.1 Å². The van der Waals surface area contributed by atoms with E-state index in [-0.39, 0.29) is 46.8 Å². The lowest BCUT2D eigenvalue weighted by atomic mass is 10.0. The van der Waals surface area contributed by atoms with E-state index < -0.39 is 39.0 Å². The molecule has 176 valence electrons. The minimum Gasteiger partial charge on any atom is -0.333 e. The van der Waals surface area contributed by atoms with Gasteiger partial charge in [-0.2, -0.15) is 28.9 Å². The van der Waals surface area contributed by atoms with Crippen LogP contribution in [0.15, 0.2) is 24.3 Å². The van der Waals surface area contributed by atoms with Crippen molar-refractivity contribution in [3.8, 4) is 0 Å². The van der Waals surface area contributed by atoms with Crippen molar-refractivity contribution in [1.82, 2.24) is 15.1 Å². The number of carbonyl (C=O) groups excluding carboxylic acids is 1. The first-order chi connectivity index (χ1) is 14.9. The van der Waals surface area contributed by atoms with E-state index in [0.29, 0.717) is 18.9 Å². The second-order valence-electron chi connectivity index (χ2n) is 7.52. The zero-order valence-corrected chi connectivity index (χ0v) is 18.1. The number of halogens is 4. The highest BCUT2D eigenvalue weighted by Crippen LogP contribution is 2.49. The Labute approximate surface area is 187 Å². The van der Waals surface area contributed by atoms with Gasteiger partial charge in [0.05, 0.1) is 4.92 Å². The lowest BCUT2D eigenvalue weighted by Gasteiger charge is -2.27. The van der Waals surface area contributed by atoms with E-state index in [2.05, 4.69) is 5.10 Å². The largest absolute Gasteiger partial charge is 0.432 e. The minimum atomic E-state index is -4.71. The molecule has 3 N–H and O–H groups in total. The Morgan fingerprint density at radius 3 is 2.69 bits per heavy atom. The van der Waals surface area contributed by atoms with Crippen LogP contribution in [0, 0.1) is 16.0 Å². The van der Waals surface area contributed by atoms with E-state index in [9.17, 15) is 37.2 Å².